The minimum absolute atomic E-state index is 0.187. The number of benzene rings is 2. The zero-order valence-electron chi connectivity index (χ0n) is 28.7. The molecule has 6 rings (SSSR count). The van der Waals surface area contributed by atoms with Crippen molar-refractivity contribution < 1.29 is 19.4 Å². The Bertz CT molecular complexity index is 1620. The second-order valence-electron chi connectivity index (χ2n) is 14.8. The number of pyridine rings is 1. The van der Waals surface area contributed by atoms with Crippen LogP contribution in [-0.2, 0) is 23.1 Å². The Morgan fingerprint density at radius 2 is 1.90 bits per heavy atom. The summed E-state index contributed by atoms with van der Waals surface area (Å²) < 4.78 is 12.8. The molecule has 1 aromatic heterocycles. The van der Waals surface area contributed by atoms with Gasteiger partial charge < -0.3 is 24.8 Å². The van der Waals surface area contributed by atoms with E-state index in [0.717, 1.165) is 50.1 Å². The van der Waals surface area contributed by atoms with Crippen LogP contribution < -0.4 is 14.8 Å². The summed E-state index contributed by atoms with van der Waals surface area (Å²) in [6, 6.07) is 13.6. The zero-order chi connectivity index (χ0) is 34.1. The van der Waals surface area contributed by atoms with Crippen molar-refractivity contribution in [1.29, 1.82) is 0 Å². The molecule has 258 valence electrons. The Morgan fingerprint density at radius 3 is 2.62 bits per heavy atom. The third-order valence-corrected chi connectivity index (χ3v) is 11.7. The van der Waals surface area contributed by atoms with Crippen molar-refractivity contribution in [3.63, 3.8) is 0 Å². The van der Waals surface area contributed by atoms with Gasteiger partial charge in [0.1, 0.15) is 23.6 Å². The number of nitrogens with zero attached hydrogens (tertiary/aromatic N) is 2. The topological polar surface area (TPSA) is 83.9 Å². The molecule has 0 unspecified atom stereocenters. The molecule has 3 aromatic rings. The van der Waals surface area contributed by atoms with E-state index in [0.29, 0.717) is 59.6 Å². The van der Waals surface area contributed by atoms with Crippen LogP contribution in [0.25, 0.3) is 0 Å². The van der Waals surface area contributed by atoms with Gasteiger partial charge in [-0.1, -0.05) is 43.1 Å². The van der Waals surface area contributed by atoms with Crippen LogP contribution in [0.2, 0.25) is 10.0 Å². The number of carboxylic acid groups (broad SMARTS) is 1. The second-order valence-corrected chi connectivity index (χ2v) is 15.6. The van der Waals surface area contributed by atoms with E-state index in [1.54, 1.807) is 12.1 Å². The fourth-order valence-corrected chi connectivity index (χ4v) is 8.99. The van der Waals surface area contributed by atoms with E-state index < -0.39 is 11.5 Å². The maximum atomic E-state index is 12.9. The van der Waals surface area contributed by atoms with Crippen LogP contribution in [0.1, 0.15) is 87.1 Å². The van der Waals surface area contributed by atoms with Crippen molar-refractivity contribution in [1.82, 2.24) is 9.88 Å². The standard InChI is InChI=1S/C39H49Cl2N3O4/c1-25(24-48-34-11-16-42-33-10-5-7-26(2)36(33)34)19-28-20-27-21-32(41)35(47-18-17-44(3)4)23-31(27)38(28)12-14-39(15-13-38,37(45)46)43-30-9-6-8-29(40)22-30/h6,8-9,11,16,21-23,25-26,28,43H,5,7,10,12-15,17-20,24H2,1-4H3,(H,45,46)/t25-,26-,28+,38?,39?/m1/s1. The lowest BCUT2D eigenvalue weighted by molar-refractivity contribution is -0.144. The molecule has 0 amide bonds. The second kappa shape index (κ2) is 14.5. The third kappa shape index (κ3) is 7.15. The number of carbonyl (C=O) groups is 1. The molecular formula is C39H49Cl2N3O4. The number of hydrogen-bond donors (Lipinski definition) is 2. The van der Waals surface area contributed by atoms with Crippen LogP contribution in [-0.4, -0.2) is 60.4 Å². The van der Waals surface area contributed by atoms with Crippen LogP contribution in [0.15, 0.2) is 48.7 Å². The monoisotopic (exact) mass is 693 g/mol. The number of rotatable bonds is 12. The Balaban J connectivity index is 1.25. The van der Waals surface area contributed by atoms with Crippen molar-refractivity contribution in [2.24, 2.45) is 11.8 Å². The van der Waals surface area contributed by atoms with Gasteiger partial charge in [0.05, 0.1) is 11.6 Å². The highest BCUT2D eigenvalue weighted by atomic mass is 35.5. The lowest BCUT2D eigenvalue weighted by atomic mass is 9.59. The highest BCUT2D eigenvalue weighted by Crippen LogP contribution is 2.57. The van der Waals surface area contributed by atoms with Crippen molar-refractivity contribution in [3.05, 3.63) is 81.1 Å². The summed E-state index contributed by atoms with van der Waals surface area (Å²) >= 11 is 13.1. The average molecular weight is 695 g/mol. The van der Waals surface area contributed by atoms with Crippen molar-refractivity contribution in [2.75, 3.05) is 39.2 Å². The van der Waals surface area contributed by atoms with Gasteiger partial charge in [-0.3, -0.25) is 4.98 Å². The van der Waals surface area contributed by atoms with E-state index in [9.17, 15) is 9.90 Å². The average Bonchev–Trinajstić information content (AvgIpc) is 3.31. The van der Waals surface area contributed by atoms with E-state index >= 15 is 0 Å². The van der Waals surface area contributed by atoms with E-state index in [4.69, 9.17) is 32.7 Å². The van der Waals surface area contributed by atoms with Crippen LogP contribution in [0.5, 0.6) is 11.5 Å². The first kappa shape index (κ1) is 34.8. The van der Waals surface area contributed by atoms with E-state index in [1.807, 2.05) is 38.5 Å². The smallest absolute Gasteiger partial charge is 0.329 e. The Kier molecular flexibility index (Phi) is 10.5. The lowest BCUT2D eigenvalue weighted by Crippen LogP contribution is -2.53. The third-order valence-electron chi connectivity index (χ3n) is 11.1. The Morgan fingerprint density at radius 1 is 1.10 bits per heavy atom. The molecule has 1 heterocycles. The number of anilines is 1. The first-order chi connectivity index (χ1) is 23.0. The fourth-order valence-electron chi connectivity index (χ4n) is 8.56. The first-order valence-electron chi connectivity index (χ1n) is 17.5. The molecule has 0 radical (unpaired) electrons. The molecule has 9 heteroatoms. The fraction of sp³-hybridized carbons (Fsp3) is 0.538. The molecule has 1 saturated carbocycles. The molecule has 0 bridgehead atoms. The number of aromatic nitrogens is 1. The number of carboxylic acids is 1. The van der Waals surface area contributed by atoms with Gasteiger partial charge >= 0.3 is 5.97 Å². The number of hydrogen-bond acceptors (Lipinski definition) is 6. The summed E-state index contributed by atoms with van der Waals surface area (Å²) in [7, 11) is 4.05. The normalized spacial score (nSPS) is 25.4. The van der Waals surface area contributed by atoms with E-state index in [2.05, 4.69) is 41.2 Å². The van der Waals surface area contributed by atoms with Crippen molar-refractivity contribution in [3.8, 4) is 11.5 Å². The SMILES string of the molecule is C[C@@H](COc1ccnc2c1[C@H](C)CCC2)C[C@H]1Cc2cc(Cl)c(OCCN(C)C)cc2C12CCC(Nc1cccc(Cl)c1)(C(=O)O)CC2. The number of fused-ring (bicyclic) bond motifs is 3. The van der Waals surface area contributed by atoms with Crippen molar-refractivity contribution >= 4 is 34.9 Å². The van der Waals surface area contributed by atoms with Gasteiger partial charge in [-0.15, -0.1) is 0 Å². The number of ether oxygens (including phenoxy) is 2. The summed E-state index contributed by atoms with van der Waals surface area (Å²) in [6.07, 6.45) is 9.59. The van der Waals surface area contributed by atoms with Gasteiger partial charge in [0.15, 0.2) is 0 Å². The minimum atomic E-state index is -1.08. The number of nitrogens with one attached hydrogen (secondary N) is 1. The quantitative estimate of drug-likeness (QED) is 0.196. The molecule has 1 spiro atoms. The van der Waals surface area contributed by atoms with Crippen molar-refractivity contribution in [2.45, 2.75) is 88.5 Å². The Labute approximate surface area is 295 Å². The molecule has 48 heavy (non-hydrogen) atoms. The molecule has 2 N–H and O–H groups in total. The van der Waals surface area contributed by atoms with Gasteiger partial charge in [-0.2, -0.15) is 0 Å². The number of aliphatic carboxylic acids is 1. The van der Waals surface area contributed by atoms with Gasteiger partial charge in [0.25, 0.3) is 0 Å². The summed E-state index contributed by atoms with van der Waals surface area (Å²) in [5.41, 5.74) is 4.44. The molecule has 0 aliphatic heterocycles. The maximum absolute atomic E-state index is 12.9. The molecule has 3 aliphatic rings. The van der Waals surface area contributed by atoms with Crippen LogP contribution >= 0.6 is 23.2 Å². The summed E-state index contributed by atoms with van der Waals surface area (Å²) in [4.78, 5) is 19.7. The predicted molar refractivity (Wildman–Crippen MR) is 193 cm³/mol. The number of halogens is 2. The molecule has 2 aromatic carbocycles. The largest absolute Gasteiger partial charge is 0.493 e. The van der Waals surface area contributed by atoms with E-state index in [-0.39, 0.29) is 5.41 Å². The maximum Gasteiger partial charge on any atom is 0.329 e. The number of aryl methyl sites for hydroxylation is 1. The molecule has 3 atom stereocenters. The highest BCUT2D eigenvalue weighted by molar-refractivity contribution is 6.32. The van der Waals surface area contributed by atoms with Gasteiger partial charge in [-0.25, -0.2) is 4.79 Å². The lowest BCUT2D eigenvalue weighted by Gasteiger charge is -2.47. The van der Waals surface area contributed by atoms with Crippen LogP contribution in [0.4, 0.5) is 5.69 Å². The van der Waals surface area contributed by atoms with Gasteiger partial charge in [0.2, 0.25) is 0 Å². The summed E-state index contributed by atoms with van der Waals surface area (Å²) in [6.45, 7) is 6.51. The summed E-state index contributed by atoms with van der Waals surface area (Å²) in [5.74, 6) is 1.93. The Hall–Kier alpha value is -3.00. The predicted octanol–water partition coefficient (Wildman–Crippen LogP) is 8.79. The van der Waals surface area contributed by atoms with Crippen LogP contribution in [0.3, 0.4) is 0 Å². The molecule has 3 aliphatic carbocycles. The first-order valence-corrected chi connectivity index (χ1v) is 18.2. The zero-order valence-corrected chi connectivity index (χ0v) is 30.2. The molecular weight excluding hydrogens is 645 g/mol. The number of likely N-dealkylation sites (N-methyl/N-ethyl adjacent to an activating group) is 1. The minimum Gasteiger partial charge on any atom is -0.493 e. The molecule has 1 fully saturated rings. The molecule has 0 saturated heterocycles. The van der Waals surface area contributed by atoms with E-state index in [1.165, 1.54) is 35.2 Å². The molecule has 7 nitrogen and oxygen atoms in total. The van der Waals surface area contributed by atoms with Gasteiger partial charge in [-0.05, 0) is 143 Å². The highest BCUT2D eigenvalue weighted by Gasteiger charge is 2.54. The van der Waals surface area contributed by atoms with Gasteiger partial charge in [0, 0.05) is 34.7 Å². The summed E-state index contributed by atoms with van der Waals surface area (Å²) in [5, 5.41) is 15.2. The van der Waals surface area contributed by atoms with Crippen LogP contribution in [0, 0.1) is 11.8 Å².